The third kappa shape index (κ3) is 4.21. The van der Waals surface area contributed by atoms with Gasteiger partial charge in [-0.2, -0.15) is 0 Å². The molecule has 1 unspecified atom stereocenters. The second-order valence-corrected chi connectivity index (χ2v) is 7.84. The first kappa shape index (κ1) is 19.5. The zero-order valence-electron chi connectivity index (χ0n) is 17.6. The van der Waals surface area contributed by atoms with Crippen LogP contribution in [0.5, 0.6) is 11.5 Å². The van der Waals surface area contributed by atoms with Crippen LogP contribution in [0.3, 0.4) is 0 Å². The highest BCUT2D eigenvalue weighted by atomic mass is 16.5. The van der Waals surface area contributed by atoms with E-state index in [0.717, 1.165) is 35.5 Å². The fraction of sp³-hybridized carbons (Fsp3) is 0.185. The molecular formula is C27H26N2O2. The Morgan fingerprint density at radius 3 is 2.77 bits per heavy atom. The van der Waals surface area contributed by atoms with Crippen molar-refractivity contribution >= 4 is 17.0 Å². The Kier molecular flexibility index (Phi) is 5.46. The van der Waals surface area contributed by atoms with Gasteiger partial charge in [-0.1, -0.05) is 48.6 Å². The molecule has 2 N–H and O–H groups in total. The molecule has 0 radical (unpaired) electrons. The zero-order chi connectivity index (χ0) is 21.0. The number of benzene rings is 3. The molecule has 0 fully saturated rings. The van der Waals surface area contributed by atoms with Gasteiger partial charge >= 0.3 is 0 Å². The Bertz CT molecular complexity index is 1210. The normalized spacial score (nSPS) is 15.8. The Morgan fingerprint density at radius 1 is 1.00 bits per heavy atom. The van der Waals surface area contributed by atoms with Gasteiger partial charge in [-0.15, -0.1) is 0 Å². The number of hydrogen-bond acceptors (Lipinski definition) is 3. The van der Waals surface area contributed by atoms with Crippen LogP contribution >= 0.6 is 0 Å². The molecule has 0 amide bonds. The first-order chi connectivity index (χ1) is 15.3. The van der Waals surface area contributed by atoms with Crippen molar-refractivity contribution in [2.45, 2.75) is 19.1 Å². The largest absolute Gasteiger partial charge is 0.493 e. The topological polar surface area (TPSA) is 46.3 Å². The molecule has 2 heterocycles. The molecule has 4 aromatic rings. The predicted octanol–water partition coefficient (Wildman–Crippen LogP) is 5.66. The Morgan fingerprint density at radius 2 is 1.90 bits per heavy atom. The molecule has 0 aliphatic carbocycles. The molecule has 0 spiro atoms. The Balaban J connectivity index is 1.39. The zero-order valence-corrected chi connectivity index (χ0v) is 17.6. The molecule has 0 bridgehead atoms. The highest BCUT2D eigenvalue weighted by Gasteiger charge is 2.21. The van der Waals surface area contributed by atoms with Crippen LogP contribution in [0.1, 0.15) is 28.3 Å². The van der Waals surface area contributed by atoms with E-state index in [2.05, 4.69) is 71.0 Å². The molecule has 0 saturated carbocycles. The highest BCUT2D eigenvalue weighted by molar-refractivity contribution is 5.81. The van der Waals surface area contributed by atoms with Crippen LogP contribution < -0.4 is 14.8 Å². The number of hydrogen-bond donors (Lipinski definition) is 2. The summed E-state index contributed by atoms with van der Waals surface area (Å²) in [7, 11) is 1.70. The van der Waals surface area contributed by atoms with E-state index < -0.39 is 0 Å². The van der Waals surface area contributed by atoms with E-state index in [1.165, 1.54) is 22.1 Å². The molecular weight excluding hydrogens is 384 g/mol. The quantitative estimate of drug-likeness (QED) is 0.431. The minimum Gasteiger partial charge on any atom is -0.493 e. The number of H-pyrrole nitrogens is 1. The summed E-state index contributed by atoms with van der Waals surface area (Å²) < 4.78 is 11.8. The first-order valence-corrected chi connectivity index (χ1v) is 10.7. The number of methoxy groups -OCH3 is 1. The molecule has 156 valence electrons. The lowest BCUT2D eigenvalue weighted by Gasteiger charge is -2.26. The molecule has 1 aliphatic heterocycles. The van der Waals surface area contributed by atoms with Gasteiger partial charge in [0.1, 0.15) is 6.61 Å². The molecule has 0 saturated heterocycles. The lowest BCUT2D eigenvalue weighted by atomic mass is 9.93. The van der Waals surface area contributed by atoms with E-state index in [0.29, 0.717) is 6.61 Å². The van der Waals surface area contributed by atoms with Crippen LogP contribution in [0.2, 0.25) is 0 Å². The van der Waals surface area contributed by atoms with Crippen LogP contribution in [0.15, 0.2) is 79.0 Å². The summed E-state index contributed by atoms with van der Waals surface area (Å²) in [6.07, 6.45) is 7.36. The fourth-order valence-corrected chi connectivity index (χ4v) is 4.16. The number of aromatic amines is 1. The van der Waals surface area contributed by atoms with Crippen LogP contribution in [-0.4, -0.2) is 18.6 Å². The number of ether oxygens (including phenoxy) is 2. The van der Waals surface area contributed by atoms with Gasteiger partial charge in [0, 0.05) is 18.3 Å². The van der Waals surface area contributed by atoms with Crippen LogP contribution in [-0.2, 0) is 13.0 Å². The van der Waals surface area contributed by atoms with Gasteiger partial charge in [-0.25, -0.2) is 0 Å². The maximum atomic E-state index is 6.11. The van der Waals surface area contributed by atoms with Gasteiger partial charge in [0.2, 0.25) is 0 Å². The molecule has 4 heteroatoms. The van der Waals surface area contributed by atoms with Crippen molar-refractivity contribution in [1.82, 2.24) is 10.3 Å². The van der Waals surface area contributed by atoms with E-state index in [4.69, 9.17) is 9.47 Å². The standard InChI is InChI=1S/C27H26N2O2/c1-30-26-17-23-21(16-27(26)31-18-20-5-3-2-4-6-20)11-13-29-25(23)10-8-19-7-9-24-22(15-19)12-14-28-24/h2-10,12,14-17,25,28-29H,11,13,18H2,1H3/b10-8+. The summed E-state index contributed by atoms with van der Waals surface area (Å²) in [6, 6.07) is 23.2. The third-order valence-corrected chi connectivity index (χ3v) is 5.81. The van der Waals surface area contributed by atoms with Crippen molar-refractivity contribution in [2.24, 2.45) is 0 Å². The molecule has 31 heavy (non-hydrogen) atoms. The fourth-order valence-electron chi connectivity index (χ4n) is 4.16. The monoisotopic (exact) mass is 410 g/mol. The minimum atomic E-state index is 0.141. The number of aromatic nitrogens is 1. The van der Waals surface area contributed by atoms with Crippen molar-refractivity contribution in [1.29, 1.82) is 0 Å². The summed E-state index contributed by atoms with van der Waals surface area (Å²) in [5, 5.41) is 4.84. The van der Waals surface area contributed by atoms with E-state index >= 15 is 0 Å². The number of rotatable bonds is 6. The van der Waals surface area contributed by atoms with Crippen molar-refractivity contribution in [2.75, 3.05) is 13.7 Å². The van der Waals surface area contributed by atoms with Gasteiger partial charge in [0.25, 0.3) is 0 Å². The lowest BCUT2D eigenvalue weighted by Crippen LogP contribution is -2.28. The molecule has 1 atom stereocenters. The average molecular weight is 411 g/mol. The molecule has 5 rings (SSSR count). The van der Waals surface area contributed by atoms with Crippen molar-refractivity contribution in [3.8, 4) is 11.5 Å². The Hall–Kier alpha value is -3.50. The smallest absolute Gasteiger partial charge is 0.161 e. The van der Waals surface area contributed by atoms with Crippen LogP contribution in [0.25, 0.3) is 17.0 Å². The maximum Gasteiger partial charge on any atom is 0.161 e. The summed E-state index contributed by atoms with van der Waals surface area (Å²) in [4.78, 5) is 3.24. The first-order valence-electron chi connectivity index (χ1n) is 10.7. The van der Waals surface area contributed by atoms with E-state index in [9.17, 15) is 0 Å². The van der Waals surface area contributed by atoms with Gasteiger partial charge in [0.15, 0.2) is 11.5 Å². The van der Waals surface area contributed by atoms with Crippen molar-refractivity contribution in [3.63, 3.8) is 0 Å². The van der Waals surface area contributed by atoms with Crippen molar-refractivity contribution in [3.05, 3.63) is 101 Å². The number of fused-ring (bicyclic) bond motifs is 2. The molecule has 4 nitrogen and oxygen atoms in total. The summed E-state index contributed by atoms with van der Waals surface area (Å²) in [5.74, 6) is 1.57. The second-order valence-electron chi connectivity index (χ2n) is 7.84. The van der Waals surface area contributed by atoms with Gasteiger partial charge < -0.3 is 19.8 Å². The lowest BCUT2D eigenvalue weighted by molar-refractivity contribution is 0.283. The number of nitrogens with one attached hydrogen (secondary N) is 2. The predicted molar refractivity (Wildman–Crippen MR) is 126 cm³/mol. The summed E-state index contributed by atoms with van der Waals surface area (Å²) in [5.41, 5.74) is 6.04. The second kappa shape index (κ2) is 8.70. The van der Waals surface area contributed by atoms with Crippen molar-refractivity contribution < 1.29 is 9.47 Å². The summed E-state index contributed by atoms with van der Waals surface area (Å²) >= 11 is 0. The Labute approximate surface area is 182 Å². The summed E-state index contributed by atoms with van der Waals surface area (Å²) in [6.45, 7) is 1.46. The van der Waals surface area contributed by atoms with E-state index in [1.807, 2.05) is 24.4 Å². The van der Waals surface area contributed by atoms with E-state index in [1.54, 1.807) is 7.11 Å². The van der Waals surface area contributed by atoms with Gasteiger partial charge in [-0.05, 0) is 64.4 Å². The maximum absolute atomic E-state index is 6.11. The van der Waals surface area contributed by atoms with E-state index in [-0.39, 0.29) is 6.04 Å². The van der Waals surface area contributed by atoms with Gasteiger partial charge in [0.05, 0.1) is 13.2 Å². The SMILES string of the molecule is COc1cc2c(cc1OCc1ccccc1)CCNC2/C=C/c1ccc2[nH]ccc2c1. The van der Waals surface area contributed by atoms with Crippen LogP contribution in [0, 0.1) is 0 Å². The van der Waals surface area contributed by atoms with Crippen LogP contribution in [0.4, 0.5) is 0 Å². The third-order valence-electron chi connectivity index (χ3n) is 5.81. The highest BCUT2D eigenvalue weighted by Crippen LogP contribution is 2.36. The minimum absolute atomic E-state index is 0.141. The molecule has 1 aromatic heterocycles. The average Bonchev–Trinajstić information content (AvgIpc) is 3.29. The molecule has 1 aliphatic rings. The molecule has 3 aromatic carbocycles. The van der Waals surface area contributed by atoms with Gasteiger partial charge in [-0.3, -0.25) is 0 Å².